The van der Waals surface area contributed by atoms with Gasteiger partial charge in [-0.3, -0.25) is 47.9 Å². The summed E-state index contributed by atoms with van der Waals surface area (Å²) in [5.41, 5.74) is 17.9. The van der Waals surface area contributed by atoms with Crippen molar-refractivity contribution in [3.63, 3.8) is 0 Å². The van der Waals surface area contributed by atoms with Crippen molar-refractivity contribution in [3.8, 4) is 0 Å². The number of carbonyl (C=O) groups excluding carboxylic acids is 9. The molecular weight excluding hydrogens is 983 g/mol. The number of primary amides is 1. The zero-order chi connectivity index (χ0) is 55.2. The fraction of sp³-hybridized carbons (Fsp3) is 0.653. The van der Waals surface area contributed by atoms with E-state index in [0.717, 1.165) is 0 Å². The summed E-state index contributed by atoms with van der Waals surface area (Å²) in [4.78, 5) is 149. The van der Waals surface area contributed by atoms with Gasteiger partial charge in [0.2, 0.25) is 53.2 Å². The van der Waals surface area contributed by atoms with Crippen molar-refractivity contribution >= 4 is 77.7 Å². The first kappa shape index (κ1) is 62.0. The summed E-state index contributed by atoms with van der Waals surface area (Å²) in [6.07, 6.45) is 1.13. The average Bonchev–Trinajstić information content (AvgIpc) is 4.06. The van der Waals surface area contributed by atoms with Gasteiger partial charge in [-0.1, -0.05) is 64.4 Å². The fourth-order valence-corrected chi connectivity index (χ4v) is 9.11. The van der Waals surface area contributed by atoms with E-state index in [0.29, 0.717) is 37.7 Å². The topological polar surface area (TPSA) is 385 Å². The Balaban J connectivity index is 1.81. The number of nitrogens with zero attached hydrogens (tertiary/aromatic N) is 2. The largest absolute Gasteiger partial charge is 0.481 e. The summed E-state index contributed by atoms with van der Waals surface area (Å²) in [6, 6.07) is -2.64. The number of nitrogens with two attached hydrogens (primary N) is 3. The SMILES string of the molecule is CC[C@H](C)[C@H](NC(=O)[C@H](CCCCN)NC(=O)[C@@H]1CCCN1C(=O)[C@H](CS)NC(=O)[C@H](CC(N)=O)NC(=O)[C@H](CCC(=O)O)NC(=O)[C@@H](N)CC(C)C)C(=O)N[C@@H](Cc1ccccc1)C(=O)N1CCC[C@H]1C(=O)O. The molecule has 25 heteroatoms. The molecule has 0 aliphatic carbocycles. The highest BCUT2D eigenvalue weighted by Gasteiger charge is 2.42. The van der Waals surface area contributed by atoms with Crippen LogP contribution in [0, 0.1) is 11.8 Å². The maximum absolute atomic E-state index is 14.3. The Hall–Kier alpha value is -6.34. The Morgan fingerprint density at radius 2 is 1.23 bits per heavy atom. The van der Waals surface area contributed by atoms with Crippen molar-refractivity contribution in [2.24, 2.45) is 29.0 Å². The number of carboxylic acids is 2. The highest BCUT2D eigenvalue weighted by atomic mass is 32.1. The van der Waals surface area contributed by atoms with Crippen LogP contribution in [0.25, 0.3) is 0 Å². The molecule has 1 aromatic carbocycles. The number of hydrogen-bond acceptors (Lipinski definition) is 14. The Labute approximate surface area is 436 Å². The molecule has 2 heterocycles. The normalized spacial score (nSPS) is 18.6. The second kappa shape index (κ2) is 30.8. The van der Waals surface area contributed by atoms with E-state index in [4.69, 9.17) is 17.2 Å². The number of unbranched alkanes of at least 4 members (excludes halogenated alkanes) is 1. The maximum atomic E-state index is 14.3. The number of carbonyl (C=O) groups is 11. The van der Waals surface area contributed by atoms with Crippen LogP contribution in [0.15, 0.2) is 30.3 Å². The number of hydrogen-bond donors (Lipinski definition) is 12. The number of benzene rings is 1. The molecule has 0 bridgehead atoms. The molecule has 2 saturated heterocycles. The van der Waals surface area contributed by atoms with Gasteiger partial charge in [0, 0.05) is 31.7 Å². The highest BCUT2D eigenvalue weighted by molar-refractivity contribution is 7.80. The smallest absolute Gasteiger partial charge is 0.326 e. The van der Waals surface area contributed by atoms with Crippen molar-refractivity contribution in [1.29, 1.82) is 0 Å². The predicted molar refractivity (Wildman–Crippen MR) is 273 cm³/mol. The van der Waals surface area contributed by atoms with Crippen LogP contribution in [0.5, 0.6) is 0 Å². The Bertz CT molecular complexity index is 2140. The van der Waals surface area contributed by atoms with E-state index in [2.05, 4.69) is 44.5 Å². The Morgan fingerprint density at radius 3 is 1.80 bits per heavy atom. The Kier molecular flexibility index (Phi) is 25.8. The van der Waals surface area contributed by atoms with Crippen LogP contribution in [-0.4, -0.2) is 165 Å². The molecule has 10 atom stereocenters. The van der Waals surface area contributed by atoms with Gasteiger partial charge in [0.25, 0.3) is 0 Å². The van der Waals surface area contributed by atoms with Gasteiger partial charge >= 0.3 is 11.9 Å². The minimum Gasteiger partial charge on any atom is -0.481 e. The van der Waals surface area contributed by atoms with Crippen LogP contribution in [0.2, 0.25) is 0 Å². The molecule has 412 valence electrons. The Morgan fingerprint density at radius 1 is 0.689 bits per heavy atom. The van der Waals surface area contributed by atoms with Gasteiger partial charge in [0.1, 0.15) is 48.3 Å². The van der Waals surface area contributed by atoms with Crippen molar-refractivity contribution in [1.82, 2.24) is 41.7 Å². The first-order chi connectivity index (χ1) is 35.0. The third kappa shape index (κ3) is 19.2. The van der Waals surface area contributed by atoms with Gasteiger partial charge in [-0.05, 0) is 81.7 Å². The molecule has 0 unspecified atom stereocenters. The third-order valence-corrected chi connectivity index (χ3v) is 13.5. The van der Waals surface area contributed by atoms with E-state index in [1.807, 2.05) is 13.8 Å². The number of nitrogens with one attached hydrogen (secondary N) is 6. The maximum Gasteiger partial charge on any atom is 0.326 e. The molecule has 1 aromatic rings. The molecule has 2 aliphatic rings. The van der Waals surface area contributed by atoms with E-state index < -0.39 is 145 Å². The molecular formula is C49H77N11O13S. The van der Waals surface area contributed by atoms with Crippen LogP contribution >= 0.6 is 12.6 Å². The number of rotatable bonds is 31. The van der Waals surface area contributed by atoms with E-state index in [-0.39, 0.29) is 63.4 Å². The zero-order valence-electron chi connectivity index (χ0n) is 42.7. The van der Waals surface area contributed by atoms with Gasteiger partial charge in [0.05, 0.1) is 12.5 Å². The van der Waals surface area contributed by atoms with Gasteiger partial charge < -0.3 is 69.1 Å². The summed E-state index contributed by atoms with van der Waals surface area (Å²) in [6.45, 7) is 7.70. The van der Waals surface area contributed by atoms with Crippen molar-refractivity contribution in [2.75, 3.05) is 25.4 Å². The van der Waals surface area contributed by atoms with Gasteiger partial charge in [-0.15, -0.1) is 0 Å². The highest BCUT2D eigenvalue weighted by Crippen LogP contribution is 2.22. The number of amides is 9. The first-order valence-electron chi connectivity index (χ1n) is 25.3. The van der Waals surface area contributed by atoms with Crippen molar-refractivity contribution in [3.05, 3.63) is 35.9 Å². The lowest BCUT2D eigenvalue weighted by atomic mass is 9.96. The second-order valence-corrected chi connectivity index (χ2v) is 19.8. The van der Waals surface area contributed by atoms with E-state index in [1.54, 1.807) is 44.2 Å². The van der Waals surface area contributed by atoms with Crippen LogP contribution < -0.4 is 49.1 Å². The number of carboxylic acid groups (broad SMARTS) is 2. The minimum absolute atomic E-state index is 0.00714. The van der Waals surface area contributed by atoms with Crippen LogP contribution in [0.4, 0.5) is 0 Å². The molecule has 0 aromatic heterocycles. The monoisotopic (exact) mass is 1060 g/mol. The van der Waals surface area contributed by atoms with Crippen molar-refractivity contribution < 1.29 is 63.0 Å². The standard InChI is InChI=1S/C49H77N11O13S/c1-5-28(4)40(46(69)56-34(24-29-13-7-6-8-14-29)47(70)60-22-12-17-37(60)49(72)73)58-43(66)31(15-9-10-20-50)54-45(68)36-16-11-21-59(36)48(71)35(26-74)57-44(67)33(25-38(52)61)55-42(65)32(18-19-39(62)63)53-41(64)30(51)23-27(2)3/h6-8,13-14,27-28,30-37,40,74H,5,9-12,15-26,50-51H2,1-4H3,(H2,52,61)(H,53,64)(H,54,68)(H,55,65)(H,56,69)(H,57,67)(H,58,66)(H,62,63)(H,72,73)/t28-,30-,31-,32-,33-,34-,35-,36-,37-,40-/m0/s1. The van der Waals surface area contributed by atoms with E-state index in [1.165, 1.54) is 9.80 Å². The summed E-state index contributed by atoms with van der Waals surface area (Å²) >= 11 is 4.27. The van der Waals surface area contributed by atoms with Crippen LogP contribution in [0.3, 0.4) is 0 Å². The van der Waals surface area contributed by atoms with Gasteiger partial charge in [-0.2, -0.15) is 12.6 Å². The van der Waals surface area contributed by atoms with E-state index in [9.17, 15) is 63.0 Å². The summed E-state index contributed by atoms with van der Waals surface area (Å²) in [7, 11) is 0. The quantitative estimate of drug-likeness (QED) is 0.0295. The van der Waals surface area contributed by atoms with Gasteiger partial charge in [-0.25, -0.2) is 4.79 Å². The molecule has 0 saturated carbocycles. The molecule has 9 amide bonds. The lowest BCUT2D eigenvalue weighted by Gasteiger charge is -2.32. The third-order valence-electron chi connectivity index (χ3n) is 13.1. The lowest BCUT2D eigenvalue weighted by molar-refractivity contribution is -0.149. The molecule has 74 heavy (non-hydrogen) atoms. The van der Waals surface area contributed by atoms with Gasteiger partial charge in [0.15, 0.2) is 0 Å². The minimum atomic E-state index is -1.71. The fourth-order valence-electron chi connectivity index (χ4n) is 8.86. The summed E-state index contributed by atoms with van der Waals surface area (Å²) < 4.78 is 0. The first-order valence-corrected chi connectivity index (χ1v) is 25.9. The second-order valence-electron chi connectivity index (χ2n) is 19.4. The molecule has 0 radical (unpaired) electrons. The number of aliphatic carboxylic acids is 2. The molecule has 0 spiro atoms. The summed E-state index contributed by atoms with van der Waals surface area (Å²) in [5, 5.41) is 34.7. The molecule has 3 rings (SSSR count). The summed E-state index contributed by atoms with van der Waals surface area (Å²) in [5.74, 6) is -10.6. The molecule has 24 nitrogen and oxygen atoms in total. The predicted octanol–water partition coefficient (Wildman–Crippen LogP) is -1.58. The lowest BCUT2D eigenvalue weighted by Crippen LogP contribution is -2.61. The zero-order valence-corrected chi connectivity index (χ0v) is 43.6. The van der Waals surface area contributed by atoms with Crippen LogP contribution in [0.1, 0.15) is 110 Å². The van der Waals surface area contributed by atoms with Crippen molar-refractivity contribution in [2.45, 2.75) is 166 Å². The van der Waals surface area contributed by atoms with Crippen LogP contribution in [-0.2, 0) is 59.2 Å². The molecule has 14 N–H and O–H groups in total. The van der Waals surface area contributed by atoms with E-state index >= 15 is 0 Å². The molecule has 2 fully saturated rings. The average molecular weight is 1060 g/mol. The molecule has 2 aliphatic heterocycles. The number of thiol groups is 1. The number of likely N-dealkylation sites (tertiary alicyclic amines) is 2.